The number of amides is 2. The van der Waals surface area contributed by atoms with Crippen molar-refractivity contribution in [1.82, 2.24) is 9.88 Å². The van der Waals surface area contributed by atoms with Crippen LogP contribution in [0.25, 0.3) is 10.9 Å². The number of nitrogens with zero attached hydrogens (tertiary/aromatic N) is 3. The Morgan fingerprint density at radius 1 is 1.05 bits per heavy atom. The first kappa shape index (κ1) is 27.7. The summed E-state index contributed by atoms with van der Waals surface area (Å²) in [5.74, 6) is 0.162. The van der Waals surface area contributed by atoms with E-state index in [2.05, 4.69) is 0 Å². The minimum Gasteiger partial charge on any atom is -0.493 e. The van der Waals surface area contributed by atoms with Gasteiger partial charge in [0.1, 0.15) is 5.60 Å². The van der Waals surface area contributed by atoms with Crippen LogP contribution in [0, 0.1) is 0 Å². The molecule has 2 amide bonds. The van der Waals surface area contributed by atoms with E-state index in [1.54, 1.807) is 30.9 Å². The number of hydrogen-bond acceptors (Lipinski definition) is 7. The Bertz CT molecular complexity index is 1440. The summed E-state index contributed by atoms with van der Waals surface area (Å²) in [5.41, 5.74) is 1.30. The topological polar surface area (TPSA) is 87.2 Å². The van der Waals surface area contributed by atoms with Gasteiger partial charge >= 0.3 is 6.09 Å². The first-order valence-electron chi connectivity index (χ1n) is 13.7. The molecule has 0 bridgehead atoms. The van der Waals surface area contributed by atoms with Gasteiger partial charge in [-0.1, -0.05) is 24.3 Å². The zero-order valence-electron chi connectivity index (χ0n) is 24.2. The Morgan fingerprint density at radius 2 is 1.77 bits per heavy atom. The van der Waals surface area contributed by atoms with E-state index in [1.165, 1.54) is 7.11 Å². The number of aromatic nitrogens is 1. The molecule has 2 aliphatic heterocycles. The molecule has 2 aromatic carbocycles. The van der Waals surface area contributed by atoms with E-state index in [4.69, 9.17) is 23.9 Å². The average molecular weight is 549 g/mol. The number of para-hydroxylation sites is 1. The fourth-order valence-corrected chi connectivity index (χ4v) is 5.33. The maximum absolute atomic E-state index is 14.3. The van der Waals surface area contributed by atoms with Gasteiger partial charge in [0.25, 0.3) is 5.91 Å². The summed E-state index contributed by atoms with van der Waals surface area (Å²) in [6.07, 6.45) is 1.43. The van der Waals surface area contributed by atoms with E-state index < -0.39 is 11.4 Å². The van der Waals surface area contributed by atoms with Crippen molar-refractivity contribution < 1.29 is 33.0 Å². The lowest BCUT2D eigenvalue weighted by molar-refractivity contribution is -0.855. The highest BCUT2D eigenvalue weighted by atomic mass is 16.7. The SMILES string of the molecule is COc1cc(C(=O)N(Cc2ccc3ccccc3n2)C[N+]2(C(=O)OC(C)(C)C)CCCC2)cc2c1OC(C)(C)O2. The zero-order valence-corrected chi connectivity index (χ0v) is 24.2. The van der Waals surface area contributed by atoms with Crippen molar-refractivity contribution in [2.24, 2.45) is 0 Å². The van der Waals surface area contributed by atoms with E-state index in [0.717, 1.165) is 29.4 Å². The average Bonchev–Trinajstić information content (AvgIpc) is 3.49. The van der Waals surface area contributed by atoms with E-state index >= 15 is 0 Å². The number of fused-ring (bicyclic) bond motifs is 2. The molecule has 0 radical (unpaired) electrons. The van der Waals surface area contributed by atoms with Crippen LogP contribution in [0.2, 0.25) is 0 Å². The molecule has 9 heteroatoms. The second-order valence-electron chi connectivity index (χ2n) is 12.0. The van der Waals surface area contributed by atoms with Crippen LogP contribution in [0.3, 0.4) is 0 Å². The van der Waals surface area contributed by atoms with Crippen LogP contribution >= 0.6 is 0 Å². The number of carbonyl (C=O) groups is 2. The molecule has 1 saturated heterocycles. The van der Waals surface area contributed by atoms with Gasteiger partial charge in [-0.25, -0.2) is 4.48 Å². The standard InChI is InChI=1S/C31H38N3O6/c1-30(2,3)40-29(36)34(15-9-10-16-34)20-33(19-23-14-13-21-11-7-8-12-24(21)32-23)28(35)22-17-25(37-6)27-26(18-22)38-31(4,5)39-27/h7-8,11-14,17-18H,9-10,15-16,19-20H2,1-6H3/q+1. The third-order valence-corrected chi connectivity index (χ3v) is 7.13. The van der Waals surface area contributed by atoms with Crippen molar-refractivity contribution in [1.29, 1.82) is 0 Å². The summed E-state index contributed by atoms with van der Waals surface area (Å²) in [6, 6.07) is 15.1. The Balaban J connectivity index is 1.53. The van der Waals surface area contributed by atoms with Crippen molar-refractivity contribution in [2.45, 2.75) is 65.4 Å². The third kappa shape index (κ3) is 5.70. The fraction of sp³-hybridized carbons (Fsp3) is 0.452. The van der Waals surface area contributed by atoms with Gasteiger partial charge in [-0.3, -0.25) is 14.7 Å². The van der Waals surface area contributed by atoms with Crippen LogP contribution in [0.1, 0.15) is 63.5 Å². The first-order chi connectivity index (χ1) is 18.9. The summed E-state index contributed by atoms with van der Waals surface area (Å²) in [4.78, 5) is 34.3. The zero-order chi connectivity index (χ0) is 28.7. The Morgan fingerprint density at radius 3 is 2.48 bits per heavy atom. The number of rotatable bonds is 6. The van der Waals surface area contributed by atoms with Gasteiger partial charge in [0.05, 0.1) is 38.0 Å². The number of methoxy groups -OCH3 is 1. The molecule has 5 rings (SSSR count). The molecule has 1 fully saturated rings. The second kappa shape index (κ2) is 10.3. The van der Waals surface area contributed by atoms with Crippen LogP contribution in [0.15, 0.2) is 48.5 Å². The van der Waals surface area contributed by atoms with E-state index in [9.17, 15) is 9.59 Å². The summed E-state index contributed by atoms with van der Waals surface area (Å²) < 4.78 is 23.3. The van der Waals surface area contributed by atoms with Crippen molar-refractivity contribution in [2.75, 3.05) is 26.9 Å². The molecule has 2 aliphatic rings. The number of hydrogen-bond donors (Lipinski definition) is 0. The number of carbonyl (C=O) groups excluding carboxylic acids is 2. The van der Waals surface area contributed by atoms with Gasteiger partial charge in [-0.05, 0) is 45.0 Å². The van der Waals surface area contributed by atoms with Crippen molar-refractivity contribution >= 4 is 22.9 Å². The van der Waals surface area contributed by atoms with Crippen molar-refractivity contribution in [3.8, 4) is 17.2 Å². The normalized spacial score (nSPS) is 17.1. The van der Waals surface area contributed by atoms with Gasteiger partial charge in [0, 0.05) is 37.6 Å². The van der Waals surface area contributed by atoms with Gasteiger partial charge in [-0.2, -0.15) is 4.79 Å². The lowest BCUT2D eigenvalue weighted by atomic mass is 10.1. The highest BCUT2D eigenvalue weighted by Crippen LogP contribution is 2.47. The summed E-state index contributed by atoms with van der Waals surface area (Å²) in [7, 11) is 1.53. The van der Waals surface area contributed by atoms with Crippen LogP contribution in [-0.4, -0.2) is 64.6 Å². The number of likely N-dealkylation sites (tertiary alicyclic amines) is 1. The Kier molecular flexibility index (Phi) is 7.12. The fourth-order valence-electron chi connectivity index (χ4n) is 5.33. The molecular formula is C31H38N3O6+. The number of benzene rings is 2. The van der Waals surface area contributed by atoms with Crippen LogP contribution in [0.5, 0.6) is 17.2 Å². The largest absolute Gasteiger partial charge is 0.518 e. The van der Waals surface area contributed by atoms with Crippen LogP contribution in [0.4, 0.5) is 4.79 Å². The van der Waals surface area contributed by atoms with E-state index in [1.807, 2.05) is 57.2 Å². The molecule has 0 atom stereocenters. The first-order valence-corrected chi connectivity index (χ1v) is 13.7. The molecule has 40 heavy (non-hydrogen) atoms. The molecule has 0 saturated carbocycles. The molecule has 0 aliphatic carbocycles. The summed E-state index contributed by atoms with van der Waals surface area (Å²) in [5, 5.41) is 1.02. The minimum absolute atomic E-state index is 0.0469. The monoisotopic (exact) mass is 548 g/mol. The molecular weight excluding hydrogens is 510 g/mol. The van der Waals surface area contributed by atoms with E-state index in [-0.39, 0.29) is 29.7 Å². The van der Waals surface area contributed by atoms with Crippen molar-refractivity contribution in [3.05, 3.63) is 59.8 Å². The lowest BCUT2D eigenvalue weighted by Gasteiger charge is -2.36. The highest BCUT2D eigenvalue weighted by Gasteiger charge is 2.46. The van der Waals surface area contributed by atoms with Gasteiger partial charge in [-0.15, -0.1) is 0 Å². The minimum atomic E-state index is -0.881. The summed E-state index contributed by atoms with van der Waals surface area (Å²) in [6.45, 7) is 10.8. The predicted molar refractivity (Wildman–Crippen MR) is 150 cm³/mol. The number of quaternary nitrogens is 1. The molecule has 0 N–H and O–H groups in total. The molecule has 212 valence electrons. The quantitative estimate of drug-likeness (QED) is 0.355. The van der Waals surface area contributed by atoms with Crippen LogP contribution in [-0.2, 0) is 11.3 Å². The maximum Gasteiger partial charge on any atom is 0.518 e. The molecule has 3 heterocycles. The van der Waals surface area contributed by atoms with E-state index in [0.29, 0.717) is 35.9 Å². The maximum atomic E-state index is 14.3. The van der Waals surface area contributed by atoms with Crippen LogP contribution < -0.4 is 14.2 Å². The summed E-state index contributed by atoms with van der Waals surface area (Å²) >= 11 is 0. The predicted octanol–water partition coefficient (Wildman–Crippen LogP) is 5.90. The molecule has 9 nitrogen and oxygen atoms in total. The number of pyridine rings is 1. The van der Waals surface area contributed by atoms with Crippen molar-refractivity contribution in [3.63, 3.8) is 0 Å². The third-order valence-electron chi connectivity index (χ3n) is 7.13. The molecule has 0 unspecified atom stereocenters. The number of ether oxygens (including phenoxy) is 4. The van der Waals surface area contributed by atoms with Gasteiger partial charge < -0.3 is 18.9 Å². The van der Waals surface area contributed by atoms with Gasteiger partial charge in [0.2, 0.25) is 11.5 Å². The highest BCUT2D eigenvalue weighted by molar-refractivity contribution is 5.95. The molecule has 1 aromatic heterocycles. The Labute approximate surface area is 235 Å². The molecule has 0 spiro atoms. The molecule has 3 aromatic rings. The Hall–Kier alpha value is -3.85. The smallest absolute Gasteiger partial charge is 0.493 e. The lowest BCUT2D eigenvalue weighted by Crippen LogP contribution is -2.58. The second-order valence-corrected chi connectivity index (χ2v) is 12.0. The van der Waals surface area contributed by atoms with Gasteiger partial charge in [0.15, 0.2) is 18.2 Å².